The predicted molar refractivity (Wildman–Crippen MR) is 87.7 cm³/mol. The van der Waals surface area contributed by atoms with Crippen molar-refractivity contribution in [2.24, 2.45) is 14.1 Å². The van der Waals surface area contributed by atoms with Gasteiger partial charge in [0.2, 0.25) is 0 Å². The van der Waals surface area contributed by atoms with Crippen LogP contribution >= 0.6 is 0 Å². The van der Waals surface area contributed by atoms with Crippen LogP contribution in [0.1, 0.15) is 17.0 Å². The summed E-state index contributed by atoms with van der Waals surface area (Å²) in [6, 6.07) is 4.97. The number of hydrogen-bond acceptors (Lipinski definition) is 4. The average molecular weight is 317 g/mol. The van der Waals surface area contributed by atoms with Crippen LogP contribution in [-0.4, -0.2) is 23.9 Å². The number of benzene rings is 1. The highest BCUT2D eigenvalue weighted by Crippen LogP contribution is 2.36. The van der Waals surface area contributed by atoms with E-state index in [0.29, 0.717) is 17.1 Å². The fraction of sp³-hybridized carbons (Fsp3) is 0.294. The van der Waals surface area contributed by atoms with Crippen molar-refractivity contribution in [1.82, 2.24) is 4.57 Å². The lowest BCUT2D eigenvalue weighted by Gasteiger charge is -2.11. The molecule has 2 aromatic rings. The van der Waals surface area contributed by atoms with Gasteiger partial charge in [-0.15, -0.1) is 0 Å². The summed E-state index contributed by atoms with van der Waals surface area (Å²) in [6.45, 7) is 1.87. The largest absolute Gasteiger partial charge is 0.508 e. The highest BCUT2D eigenvalue weighted by molar-refractivity contribution is 5.73. The second-order valence-corrected chi connectivity index (χ2v) is 5.22. The Bertz CT molecular complexity index is 822. The monoisotopic (exact) mass is 317 g/mol. The number of phenols is 1. The average Bonchev–Trinajstić information content (AvgIpc) is 2.54. The van der Waals surface area contributed by atoms with Gasteiger partial charge in [-0.1, -0.05) is 0 Å². The van der Waals surface area contributed by atoms with Crippen LogP contribution in [0, 0.1) is 6.92 Å². The number of aromatic hydroxyl groups is 1. The first-order valence-electron chi connectivity index (χ1n) is 7.08. The van der Waals surface area contributed by atoms with Crippen molar-refractivity contribution in [2.75, 3.05) is 14.2 Å². The fourth-order valence-corrected chi connectivity index (χ4v) is 2.33. The fourth-order valence-electron chi connectivity index (χ4n) is 2.33. The van der Waals surface area contributed by atoms with Crippen LogP contribution in [0.5, 0.6) is 17.2 Å². The van der Waals surface area contributed by atoms with Crippen molar-refractivity contribution in [1.29, 1.82) is 0 Å². The Morgan fingerprint density at radius 2 is 1.87 bits per heavy atom. The minimum atomic E-state index is -0.106. The van der Waals surface area contributed by atoms with Crippen LogP contribution in [0.15, 0.2) is 23.0 Å². The van der Waals surface area contributed by atoms with Gasteiger partial charge in [0, 0.05) is 17.7 Å². The van der Waals surface area contributed by atoms with Crippen molar-refractivity contribution in [2.45, 2.75) is 6.92 Å². The number of rotatable bonds is 4. The summed E-state index contributed by atoms with van der Waals surface area (Å²) in [6.07, 6.45) is 3.57. The van der Waals surface area contributed by atoms with Crippen LogP contribution in [0.3, 0.4) is 0 Å². The Labute approximate surface area is 134 Å². The predicted octanol–water partition coefficient (Wildman–Crippen LogP) is 1.41. The Balaban J connectivity index is 2.54. The molecule has 0 aliphatic rings. The van der Waals surface area contributed by atoms with E-state index in [4.69, 9.17) is 9.47 Å². The lowest BCUT2D eigenvalue weighted by atomic mass is 10.1. The van der Waals surface area contributed by atoms with E-state index >= 15 is 0 Å². The number of nitrogens with zero attached hydrogens (tertiary/aromatic N) is 2. The molecular weight excluding hydrogens is 296 g/mol. The number of aryl methyl sites for hydroxylation is 1. The number of aromatic nitrogens is 2. The first-order valence-corrected chi connectivity index (χ1v) is 7.08. The van der Waals surface area contributed by atoms with E-state index in [1.807, 2.05) is 13.0 Å². The summed E-state index contributed by atoms with van der Waals surface area (Å²) in [5.74, 6) is 1.04. The lowest BCUT2D eigenvalue weighted by molar-refractivity contribution is -0.692. The standard InChI is InChI=1S/C17H20N2O4/c1-11-8-13(19(3)17(21)18(11)2)7-6-12-9-14(20)10-15(22-4)16(12)23-5/h6-10H,1-5H3/p+1/b7-6+. The molecule has 0 spiro atoms. The van der Waals surface area contributed by atoms with Gasteiger partial charge in [-0.05, 0) is 25.1 Å². The third-order valence-electron chi connectivity index (χ3n) is 3.77. The van der Waals surface area contributed by atoms with Gasteiger partial charge >= 0.3 is 5.69 Å². The summed E-state index contributed by atoms with van der Waals surface area (Å²) < 4.78 is 13.7. The van der Waals surface area contributed by atoms with E-state index < -0.39 is 0 Å². The maximum absolute atomic E-state index is 12.1. The number of hydrogen-bond donors (Lipinski definition) is 1. The molecule has 122 valence electrons. The van der Waals surface area contributed by atoms with E-state index in [2.05, 4.69) is 0 Å². The van der Waals surface area contributed by atoms with E-state index in [1.165, 1.54) is 20.3 Å². The summed E-state index contributed by atoms with van der Waals surface area (Å²) in [5, 5.41) is 9.79. The van der Waals surface area contributed by atoms with Gasteiger partial charge in [0.1, 0.15) is 17.1 Å². The maximum Gasteiger partial charge on any atom is 0.498 e. The van der Waals surface area contributed by atoms with Crippen LogP contribution < -0.4 is 19.7 Å². The lowest BCUT2D eigenvalue weighted by Crippen LogP contribution is -2.53. The second kappa shape index (κ2) is 6.56. The normalized spacial score (nSPS) is 11.0. The molecule has 0 radical (unpaired) electrons. The van der Waals surface area contributed by atoms with Gasteiger partial charge in [0.15, 0.2) is 11.5 Å². The summed E-state index contributed by atoms with van der Waals surface area (Å²) in [5.41, 5.74) is 2.15. The molecule has 1 aromatic carbocycles. The molecule has 0 aliphatic heterocycles. The zero-order valence-corrected chi connectivity index (χ0v) is 14.0. The van der Waals surface area contributed by atoms with Crippen LogP contribution in [0.4, 0.5) is 0 Å². The first-order chi connectivity index (χ1) is 10.9. The molecule has 1 N–H and O–H groups in total. The van der Waals surface area contributed by atoms with Gasteiger partial charge in [0.25, 0.3) is 0 Å². The molecule has 0 atom stereocenters. The van der Waals surface area contributed by atoms with E-state index in [0.717, 1.165) is 11.4 Å². The van der Waals surface area contributed by atoms with Crippen molar-refractivity contribution in [3.05, 3.63) is 45.6 Å². The summed E-state index contributed by atoms with van der Waals surface area (Å²) >= 11 is 0. The van der Waals surface area contributed by atoms with Gasteiger partial charge < -0.3 is 14.6 Å². The third-order valence-corrected chi connectivity index (χ3v) is 3.77. The molecule has 0 unspecified atom stereocenters. The second-order valence-electron chi connectivity index (χ2n) is 5.22. The smallest absolute Gasteiger partial charge is 0.498 e. The minimum Gasteiger partial charge on any atom is -0.508 e. The van der Waals surface area contributed by atoms with Gasteiger partial charge in [-0.3, -0.25) is 0 Å². The molecule has 0 bridgehead atoms. The van der Waals surface area contributed by atoms with Gasteiger partial charge in [-0.25, -0.2) is 0 Å². The van der Waals surface area contributed by atoms with E-state index in [1.54, 1.807) is 41.4 Å². The van der Waals surface area contributed by atoms with Crippen LogP contribution in [0.25, 0.3) is 12.2 Å². The molecule has 0 saturated carbocycles. The number of methoxy groups -OCH3 is 2. The van der Waals surface area contributed by atoms with Crippen molar-refractivity contribution in [3.63, 3.8) is 0 Å². The summed E-state index contributed by atoms with van der Waals surface area (Å²) in [4.78, 5) is 12.1. The zero-order valence-electron chi connectivity index (χ0n) is 14.0. The molecule has 2 rings (SSSR count). The highest BCUT2D eigenvalue weighted by atomic mass is 16.5. The molecule has 1 aromatic heterocycles. The van der Waals surface area contributed by atoms with Crippen molar-refractivity contribution in [3.8, 4) is 17.2 Å². The zero-order chi connectivity index (χ0) is 17.1. The molecule has 6 nitrogen and oxygen atoms in total. The van der Waals surface area contributed by atoms with E-state index in [9.17, 15) is 9.90 Å². The van der Waals surface area contributed by atoms with Gasteiger partial charge in [-0.2, -0.15) is 13.9 Å². The Hall–Kier alpha value is -2.76. The quantitative estimate of drug-likeness (QED) is 0.866. The highest BCUT2D eigenvalue weighted by Gasteiger charge is 2.13. The number of ether oxygens (including phenoxy) is 2. The number of phenolic OH excluding ortho intramolecular Hbond substituents is 1. The molecule has 0 fully saturated rings. The Morgan fingerprint density at radius 1 is 1.17 bits per heavy atom. The molecule has 0 aliphatic carbocycles. The maximum atomic E-state index is 12.1. The molecule has 0 amide bonds. The SMILES string of the molecule is COc1cc(O)cc(/C=C/c2cc(C)n(C)c(=O)[n+]2C)c1OC. The molecule has 6 heteroatoms. The topological polar surface area (TPSA) is 64.6 Å². The van der Waals surface area contributed by atoms with Crippen molar-refractivity contribution >= 4 is 12.2 Å². The third kappa shape index (κ3) is 3.21. The Kier molecular flexibility index (Phi) is 4.74. The molecule has 1 heterocycles. The van der Waals surface area contributed by atoms with E-state index in [-0.39, 0.29) is 11.4 Å². The molecular formula is C17H21N2O4+. The van der Waals surface area contributed by atoms with Crippen molar-refractivity contribution < 1.29 is 19.1 Å². The molecule has 23 heavy (non-hydrogen) atoms. The van der Waals surface area contributed by atoms with Crippen LogP contribution in [0.2, 0.25) is 0 Å². The first kappa shape index (κ1) is 16.6. The molecule has 0 saturated heterocycles. The van der Waals surface area contributed by atoms with Gasteiger partial charge in [0.05, 0.1) is 28.3 Å². The summed E-state index contributed by atoms with van der Waals surface area (Å²) in [7, 11) is 6.49. The minimum absolute atomic E-state index is 0.0758. The Morgan fingerprint density at radius 3 is 2.48 bits per heavy atom. The van der Waals surface area contributed by atoms with Crippen LogP contribution in [-0.2, 0) is 14.1 Å².